The molecule has 0 atom stereocenters. The average Bonchev–Trinajstić information content (AvgIpc) is 3.21. The molecule has 7 heteroatoms. The molecule has 1 aliphatic carbocycles. The molecule has 6 nitrogen and oxygen atoms in total. The molecule has 0 radical (unpaired) electrons. The second kappa shape index (κ2) is 8.57. The molecule has 1 saturated heterocycles. The molecule has 3 aromatic rings. The van der Waals surface area contributed by atoms with Crippen LogP contribution in [0, 0.1) is 5.82 Å². The number of carbonyl (C=O) groups is 2. The first-order chi connectivity index (χ1) is 16.4. The van der Waals surface area contributed by atoms with E-state index in [-0.39, 0.29) is 11.7 Å². The van der Waals surface area contributed by atoms with Gasteiger partial charge in [0.2, 0.25) is 5.91 Å². The van der Waals surface area contributed by atoms with Crippen molar-refractivity contribution >= 4 is 11.8 Å². The lowest BCUT2D eigenvalue weighted by Crippen LogP contribution is -2.47. The lowest BCUT2D eigenvalue weighted by Gasteiger charge is -2.32. The van der Waals surface area contributed by atoms with Crippen molar-refractivity contribution in [3.8, 4) is 28.0 Å². The Labute approximate surface area is 197 Å². The molecule has 1 heterocycles. The molecule has 0 aromatic heterocycles. The molecule has 34 heavy (non-hydrogen) atoms. The summed E-state index contributed by atoms with van der Waals surface area (Å²) in [4.78, 5) is 29.5. The highest BCUT2D eigenvalue weighted by Crippen LogP contribution is 2.42. The number of nitrogens with zero attached hydrogens (tertiary/aromatic N) is 2. The molecule has 2 N–H and O–H groups in total. The van der Waals surface area contributed by atoms with E-state index in [9.17, 15) is 14.0 Å². The number of piperazine rings is 1. The van der Waals surface area contributed by atoms with Gasteiger partial charge in [-0.3, -0.25) is 9.59 Å². The number of primary amides is 1. The maximum atomic E-state index is 14.3. The summed E-state index contributed by atoms with van der Waals surface area (Å²) in [5.74, 6) is -0.832. The Hall–Kier alpha value is -3.71. The number of hydrogen-bond acceptors (Lipinski definition) is 4. The number of fused-ring (bicyclic) bond motifs is 3. The van der Waals surface area contributed by atoms with Crippen LogP contribution in [-0.4, -0.2) is 62.0 Å². The summed E-state index contributed by atoms with van der Waals surface area (Å²) in [5.41, 5.74) is 11.8. The topological polar surface area (TPSA) is 75.9 Å². The zero-order valence-corrected chi connectivity index (χ0v) is 19.2. The minimum absolute atomic E-state index is 0.0244. The molecule has 0 bridgehead atoms. The predicted molar refractivity (Wildman–Crippen MR) is 129 cm³/mol. The molecule has 1 fully saturated rings. The number of amides is 2. The number of carbonyl (C=O) groups excluding carboxylic acids is 2. The van der Waals surface area contributed by atoms with Gasteiger partial charge in [0.1, 0.15) is 0 Å². The Morgan fingerprint density at radius 3 is 2.38 bits per heavy atom. The number of ether oxygens (including phenoxy) is 1. The first-order valence-corrected chi connectivity index (χ1v) is 11.3. The number of benzene rings is 3. The zero-order valence-electron chi connectivity index (χ0n) is 19.2. The molecule has 0 spiro atoms. The fourth-order valence-electron chi connectivity index (χ4n) is 4.85. The molecule has 0 saturated carbocycles. The monoisotopic (exact) mass is 459 g/mol. The van der Waals surface area contributed by atoms with E-state index in [0.29, 0.717) is 41.8 Å². The molecule has 0 unspecified atom stereocenters. The fraction of sp³-hybridized carbons (Fsp3) is 0.259. The summed E-state index contributed by atoms with van der Waals surface area (Å²) in [6.07, 6.45) is 0.518. The fourth-order valence-corrected chi connectivity index (χ4v) is 4.85. The van der Waals surface area contributed by atoms with Crippen LogP contribution >= 0.6 is 0 Å². The Morgan fingerprint density at radius 2 is 1.71 bits per heavy atom. The Bertz CT molecular complexity index is 1310. The van der Waals surface area contributed by atoms with Gasteiger partial charge in [0.15, 0.2) is 11.6 Å². The summed E-state index contributed by atoms with van der Waals surface area (Å²) < 4.78 is 19.4. The van der Waals surface area contributed by atoms with Crippen molar-refractivity contribution in [1.29, 1.82) is 0 Å². The van der Waals surface area contributed by atoms with Crippen LogP contribution in [0.5, 0.6) is 5.75 Å². The van der Waals surface area contributed by atoms with Crippen molar-refractivity contribution < 1.29 is 18.7 Å². The number of halogens is 1. The Kier molecular flexibility index (Phi) is 5.57. The number of likely N-dealkylation sites (N-methyl/N-ethyl adjacent to an activating group) is 1. The molecule has 174 valence electrons. The van der Waals surface area contributed by atoms with Crippen molar-refractivity contribution in [2.24, 2.45) is 5.73 Å². The van der Waals surface area contributed by atoms with Crippen molar-refractivity contribution in [3.63, 3.8) is 0 Å². The smallest absolute Gasteiger partial charge is 0.253 e. The predicted octanol–water partition coefficient (Wildman–Crippen LogP) is 3.56. The standard InChI is InChI=1S/C27H26FN3O3/c1-30-7-9-31(10-8-30)27(33)17-3-5-20-19(11-17)14-22-21(20)12-18(13-23(22)26(29)32)16-4-6-25(34-2)24(28)15-16/h3-6,11-13,15H,7-10,14H2,1-2H3,(H2,29,32). The maximum absolute atomic E-state index is 14.3. The average molecular weight is 460 g/mol. The molecule has 3 aromatic carbocycles. The highest BCUT2D eigenvalue weighted by atomic mass is 19.1. The maximum Gasteiger partial charge on any atom is 0.253 e. The van der Waals surface area contributed by atoms with Gasteiger partial charge in [0.05, 0.1) is 7.11 Å². The van der Waals surface area contributed by atoms with Crippen molar-refractivity contribution in [2.75, 3.05) is 40.3 Å². The minimum Gasteiger partial charge on any atom is -0.494 e. The third kappa shape index (κ3) is 3.82. The van der Waals surface area contributed by atoms with Gasteiger partial charge in [-0.25, -0.2) is 4.39 Å². The number of hydrogen-bond donors (Lipinski definition) is 1. The largest absolute Gasteiger partial charge is 0.494 e. The molecule has 2 aliphatic rings. The number of nitrogens with two attached hydrogens (primary N) is 1. The Morgan fingerprint density at radius 1 is 0.941 bits per heavy atom. The lowest BCUT2D eigenvalue weighted by molar-refractivity contribution is 0.0664. The number of methoxy groups -OCH3 is 1. The van der Waals surface area contributed by atoms with Crippen LogP contribution in [-0.2, 0) is 6.42 Å². The van der Waals surface area contributed by atoms with Gasteiger partial charge in [-0.2, -0.15) is 0 Å². The van der Waals surface area contributed by atoms with E-state index in [1.54, 1.807) is 18.2 Å². The summed E-state index contributed by atoms with van der Waals surface area (Å²) in [6, 6.07) is 14.1. The SMILES string of the molecule is COc1ccc(-c2cc(C(N)=O)c3c(c2)-c2ccc(C(=O)N4CCN(C)CC4)cc2C3)cc1F. The molecular formula is C27H26FN3O3. The van der Waals surface area contributed by atoms with Crippen LogP contribution in [0.15, 0.2) is 48.5 Å². The second-order valence-corrected chi connectivity index (χ2v) is 8.91. The number of rotatable bonds is 4. The van der Waals surface area contributed by atoms with E-state index in [1.807, 2.05) is 29.2 Å². The van der Waals surface area contributed by atoms with E-state index < -0.39 is 11.7 Å². The summed E-state index contributed by atoms with van der Waals surface area (Å²) in [5, 5.41) is 0. The van der Waals surface area contributed by atoms with Crippen LogP contribution in [0.4, 0.5) is 4.39 Å². The van der Waals surface area contributed by atoms with E-state index in [1.165, 1.54) is 13.2 Å². The third-order valence-electron chi connectivity index (χ3n) is 6.80. The van der Waals surface area contributed by atoms with Gasteiger partial charge in [-0.1, -0.05) is 12.1 Å². The highest BCUT2D eigenvalue weighted by molar-refractivity contribution is 6.01. The van der Waals surface area contributed by atoms with Gasteiger partial charge >= 0.3 is 0 Å². The zero-order chi connectivity index (χ0) is 24.0. The van der Waals surface area contributed by atoms with E-state index in [4.69, 9.17) is 10.5 Å². The van der Waals surface area contributed by atoms with Crippen LogP contribution in [0.2, 0.25) is 0 Å². The van der Waals surface area contributed by atoms with E-state index in [2.05, 4.69) is 11.9 Å². The van der Waals surface area contributed by atoms with E-state index >= 15 is 0 Å². The van der Waals surface area contributed by atoms with Crippen molar-refractivity contribution in [2.45, 2.75) is 6.42 Å². The van der Waals surface area contributed by atoms with Crippen LogP contribution in [0.3, 0.4) is 0 Å². The van der Waals surface area contributed by atoms with Crippen molar-refractivity contribution in [1.82, 2.24) is 9.80 Å². The first kappa shape index (κ1) is 22.1. The van der Waals surface area contributed by atoms with Gasteiger partial charge in [0, 0.05) is 37.3 Å². The van der Waals surface area contributed by atoms with Crippen LogP contribution in [0.25, 0.3) is 22.3 Å². The molecular weight excluding hydrogens is 433 g/mol. The normalized spacial score (nSPS) is 15.1. The van der Waals surface area contributed by atoms with Gasteiger partial charge in [0.25, 0.3) is 5.91 Å². The second-order valence-electron chi connectivity index (χ2n) is 8.91. The first-order valence-electron chi connectivity index (χ1n) is 11.3. The van der Waals surface area contributed by atoms with Gasteiger partial charge in [-0.05, 0) is 83.2 Å². The Balaban J connectivity index is 1.53. The van der Waals surface area contributed by atoms with E-state index in [0.717, 1.165) is 35.3 Å². The van der Waals surface area contributed by atoms with Gasteiger partial charge < -0.3 is 20.3 Å². The third-order valence-corrected chi connectivity index (χ3v) is 6.80. The minimum atomic E-state index is -0.534. The van der Waals surface area contributed by atoms with Crippen molar-refractivity contribution in [3.05, 3.63) is 76.6 Å². The highest BCUT2D eigenvalue weighted by Gasteiger charge is 2.27. The van der Waals surface area contributed by atoms with Crippen LogP contribution < -0.4 is 10.5 Å². The van der Waals surface area contributed by atoms with Crippen LogP contribution in [0.1, 0.15) is 31.8 Å². The summed E-state index contributed by atoms with van der Waals surface area (Å²) in [7, 11) is 3.47. The molecule has 5 rings (SSSR count). The lowest BCUT2D eigenvalue weighted by atomic mass is 9.94. The van der Waals surface area contributed by atoms with Gasteiger partial charge in [-0.15, -0.1) is 0 Å². The molecule has 2 amide bonds. The quantitative estimate of drug-likeness (QED) is 0.506. The summed E-state index contributed by atoms with van der Waals surface area (Å²) >= 11 is 0. The molecule has 1 aliphatic heterocycles. The summed E-state index contributed by atoms with van der Waals surface area (Å²) in [6.45, 7) is 3.14.